The van der Waals surface area contributed by atoms with Gasteiger partial charge in [0.15, 0.2) is 5.96 Å². The first-order chi connectivity index (χ1) is 16.9. The monoisotopic (exact) mass is 491 g/mol. The second-order valence-electron chi connectivity index (χ2n) is 8.21. The maximum Gasteiger partial charge on any atom is 0.240 e. The molecule has 3 aromatic carbocycles. The summed E-state index contributed by atoms with van der Waals surface area (Å²) in [6, 6.07) is 25.3. The number of primary amides is 1. The van der Waals surface area contributed by atoms with Gasteiger partial charge in [-0.2, -0.15) is 0 Å². The summed E-state index contributed by atoms with van der Waals surface area (Å²) in [7, 11) is 0. The highest BCUT2D eigenvalue weighted by atomic mass is 35.5. The highest BCUT2D eigenvalue weighted by Crippen LogP contribution is 2.29. The van der Waals surface area contributed by atoms with E-state index in [1.165, 1.54) is 0 Å². The molecular weight excluding hydrogens is 462 g/mol. The van der Waals surface area contributed by atoms with Crippen LogP contribution < -0.4 is 17.2 Å². The third kappa shape index (κ3) is 7.32. The molecule has 0 bridgehead atoms. The molecule has 7 nitrogen and oxygen atoms in total. The number of halogens is 1. The predicted octanol–water partition coefficient (Wildman–Crippen LogP) is 3.41. The molecule has 0 unspecified atom stereocenters. The molecule has 2 amide bonds. The van der Waals surface area contributed by atoms with E-state index in [1.54, 1.807) is 17.0 Å². The largest absolute Gasteiger partial charge is 0.370 e. The topological polar surface area (TPSA) is 128 Å². The van der Waals surface area contributed by atoms with Crippen molar-refractivity contribution in [2.45, 2.75) is 31.3 Å². The summed E-state index contributed by atoms with van der Waals surface area (Å²) in [5.41, 5.74) is 19.2. The molecule has 3 rings (SSSR count). The molecule has 0 spiro atoms. The van der Waals surface area contributed by atoms with Crippen molar-refractivity contribution in [3.8, 4) is 0 Å². The van der Waals surface area contributed by atoms with Crippen LogP contribution in [0.3, 0.4) is 0 Å². The predicted molar refractivity (Wildman–Crippen MR) is 140 cm³/mol. The molecule has 0 radical (unpaired) electrons. The SMILES string of the molecule is NC(=O)[C@H](CCCN=C(N)N)N(Cc1ccc(Cl)cc1)C(=O)C(c1ccccc1)c1ccccc1. The Morgan fingerprint density at radius 3 is 1.86 bits per heavy atom. The Bertz CT molecular complexity index is 1090. The van der Waals surface area contributed by atoms with Gasteiger partial charge in [-0.3, -0.25) is 14.6 Å². The molecule has 0 aliphatic rings. The van der Waals surface area contributed by atoms with Crippen LogP contribution >= 0.6 is 11.6 Å². The van der Waals surface area contributed by atoms with Gasteiger partial charge in [0.2, 0.25) is 11.8 Å². The average molecular weight is 492 g/mol. The van der Waals surface area contributed by atoms with E-state index in [4.69, 9.17) is 28.8 Å². The molecule has 0 saturated heterocycles. The number of rotatable bonds is 11. The third-order valence-electron chi connectivity index (χ3n) is 5.70. The first kappa shape index (κ1) is 25.8. The Balaban J connectivity index is 2.02. The van der Waals surface area contributed by atoms with Crippen molar-refractivity contribution in [2.24, 2.45) is 22.2 Å². The molecule has 0 fully saturated rings. The lowest BCUT2D eigenvalue weighted by Gasteiger charge is -2.33. The third-order valence-corrected chi connectivity index (χ3v) is 5.95. The van der Waals surface area contributed by atoms with Crippen molar-refractivity contribution in [1.29, 1.82) is 0 Å². The Labute approximate surface area is 210 Å². The van der Waals surface area contributed by atoms with Gasteiger partial charge in [0.25, 0.3) is 0 Å². The minimum Gasteiger partial charge on any atom is -0.370 e. The Morgan fingerprint density at radius 1 is 0.829 bits per heavy atom. The summed E-state index contributed by atoms with van der Waals surface area (Å²) in [6.45, 7) is 0.526. The number of hydrogen-bond donors (Lipinski definition) is 3. The molecule has 35 heavy (non-hydrogen) atoms. The van der Waals surface area contributed by atoms with Gasteiger partial charge >= 0.3 is 0 Å². The normalized spacial score (nSPS) is 11.6. The summed E-state index contributed by atoms with van der Waals surface area (Å²) in [5, 5.41) is 0.585. The number of aliphatic imine (C=N–C) groups is 1. The van der Waals surface area contributed by atoms with Crippen molar-refractivity contribution in [3.05, 3.63) is 107 Å². The maximum absolute atomic E-state index is 14.2. The first-order valence-electron chi connectivity index (χ1n) is 11.4. The maximum atomic E-state index is 14.2. The summed E-state index contributed by atoms with van der Waals surface area (Å²) >= 11 is 6.06. The van der Waals surface area contributed by atoms with E-state index in [0.29, 0.717) is 24.4 Å². The van der Waals surface area contributed by atoms with E-state index < -0.39 is 17.9 Å². The van der Waals surface area contributed by atoms with Crippen LogP contribution in [0.2, 0.25) is 5.02 Å². The fourth-order valence-electron chi connectivity index (χ4n) is 4.01. The molecular formula is C27H30ClN5O2. The van der Waals surface area contributed by atoms with Gasteiger partial charge in [-0.1, -0.05) is 84.4 Å². The zero-order valence-corrected chi connectivity index (χ0v) is 20.1. The molecule has 3 aromatic rings. The summed E-state index contributed by atoms with van der Waals surface area (Å²) < 4.78 is 0. The molecule has 0 aliphatic heterocycles. The van der Waals surface area contributed by atoms with Crippen LogP contribution in [0.4, 0.5) is 0 Å². The van der Waals surface area contributed by atoms with Crippen molar-refractivity contribution >= 4 is 29.4 Å². The number of carbonyl (C=O) groups is 2. The fourth-order valence-corrected chi connectivity index (χ4v) is 4.13. The minimum absolute atomic E-state index is 0.0251. The van der Waals surface area contributed by atoms with Gasteiger partial charge in [-0.05, 0) is 41.7 Å². The van der Waals surface area contributed by atoms with Crippen LogP contribution in [0.5, 0.6) is 0 Å². The van der Waals surface area contributed by atoms with Gasteiger partial charge in [-0.15, -0.1) is 0 Å². The van der Waals surface area contributed by atoms with Crippen LogP contribution in [-0.2, 0) is 16.1 Å². The number of guanidine groups is 1. The van der Waals surface area contributed by atoms with Crippen LogP contribution in [0, 0.1) is 0 Å². The number of nitrogens with two attached hydrogens (primary N) is 3. The number of carbonyl (C=O) groups excluding carboxylic acids is 2. The van der Waals surface area contributed by atoms with Gasteiger partial charge in [-0.25, -0.2) is 0 Å². The molecule has 0 heterocycles. The van der Waals surface area contributed by atoms with Gasteiger partial charge in [0, 0.05) is 18.1 Å². The molecule has 0 aromatic heterocycles. The Hall–Kier alpha value is -3.84. The quantitative estimate of drug-likeness (QED) is 0.216. The molecule has 6 N–H and O–H groups in total. The number of hydrogen-bond acceptors (Lipinski definition) is 3. The molecule has 182 valence electrons. The highest BCUT2D eigenvalue weighted by molar-refractivity contribution is 6.30. The van der Waals surface area contributed by atoms with E-state index in [2.05, 4.69) is 4.99 Å². The van der Waals surface area contributed by atoms with Crippen LogP contribution in [0.1, 0.15) is 35.4 Å². The molecule has 1 atom stereocenters. The number of amides is 2. The lowest BCUT2D eigenvalue weighted by Crippen LogP contribution is -2.49. The zero-order chi connectivity index (χ0) is 25.2. The summed E-state index contributed by atoms with van der Waals surface area (Å²) in [4.78, 5) is 32.4. The van der Waals surface area contributed by atoms with Crippen molar-refractivity contribution in [3.63, 3.8) is 0 Å². The van der Waals surface area contributed by atoms with E-state index >= 15 is 0 Å². The van der Waals surface area contributed by atoms with E-state index in [-0.39, 0.29) is 18.4 Å². The van der Waals surface area contributed by atoms with E-state index in [0.717, 1.165) is 16.7 Å². The van der Waals surface area contributed by atoms with Crippen molar-refractivity contribution < 1.29 is 9.59 Å². The number of benzene rings is 3. The average Bonchev–Trinajstić information content (AvgIpc) is 2.85. The van der Waals surface area contributed by atoms with E-state index in [1.807, 2.05) is 72.8 Å². The van der Waals surface area contributed by atoms with Gasteiger partial charge in [0.05, 0.1) is 5.92 Å². The number of nitrogens with zero attached hydrogens (tertiary/aromatic N) is 2. The highest BCUT2D eigenvalue weighted by Gasteiger charge is 2.34. The van der Waals surface area contributed by atoms with Crippen LogP contribution in [0.15, 0.2) is 89.9 Å². The first-order valence-corrected chi connectivity index (χ1v) is 11.7. The lowest BCUT2D eigenvalue weighted by molar-refractivity contribution is -0.140. The standard InChI is InChI=1S/C27H30ClN5O2/c28-22-15-13-19(14-16-22)18-33(23(25(29)34)12-7-17-32-27(30)31)26(35)24(20-8-3-1-4-9-20)21-10-5-2-6-11-21/h1-6,8-11,13-16,23-24H,7,12,17-18H2,(H2,29,34)(H4,30,31,32)/t23-/m0/s1. The smallest absolute Gasteiger partial charge is 0.240 e. The Morgan fingerprint density at radius 2 is 1.37 bits per heavy atom. The molecule has 8 heteroatoms. The zero-order valence-electron chi connectivity index (χ0n) is 19.4. The summed E-state index contributed by atoms with van der Waals surface area (Å²) in [6.07, 6.45) is 0.805. The second kappa shape index (κ2) is 12.6. The van der Waals surface area contributed by atoms with Gasteiger partial charge < -0.3 is 22.1 Å². The van der Waals surface area contributed by atoms with Crippen LogP contribution in [-0.4, -0.2) is 35.3 Å². The summed E-state index contributed by atoms with van der Waals surface area (Å²) in [5.74, 6) is -1.44. The second-order valence-corrected chi connectivity index (χ2v) is 8.65. The molecule has 0 saturated carbocycles. The Kier molecular flexibility index (Phi) is 9.26. The van der Waals surface area contributed by atoms with Crippen molar-refractivity contribution in [1.82, 2.24) is 4.90 Å². The van der Waals surface area contributed by atoms with E-state index in [9.17, 15) is 9.59 Å². The minimum atomic E-state index is -0.845. The van der Waals surface area contributed by atoms with Crippen molar-refractivity contribution in [2.75, 3.05) is 6.54 Å². The lowest BCUT2D eigenvalue weighted by atomic mass is 9.89. The molecule has 0 aliphatic carbocycles. The van der Waals surface area contributed by atoms with Gasteiger partial charge in [0.1, 0.15) is 6.04 Å². The van der Waals surface area contributed by atoms with Crippen LogP contribution in [0.25, 0.3) is 0 Å². The fraction of sp³-hybridized carbons (Fsp3) is 0.222.